The zero-order chi connectivity index (χ0) is 39.1. The standard InChI is InChI=1S/C53H34N6/c1-3-10-34(11-4-1)45-26-27-48(59-53(58-45)39-12-5-2-6-13-39)44-32-42(31-43(33-44)47-25-23-38-21-19-36-17-9-29-55-50(36)52(38)57-47)40-14-7-15-41(30-40)46-24-22-37-20-18-35-16-8-28-54-49(35)51(37)56-46/h1-26,28-33H,27H2. The number of aromatic nitrogens is 4. The summed E-state index contributed by atoms with van der Waals surface area (Å²) in [6, 6.07) is 60.8. The van der Waals surface area contributed by atoms with Crippen LogP contribution in [0.15, 0.2) is 204 Å². The molecule has 0 radical (unpaired) electrons. The van der Waals surface area contributed by atoms with Crippen LogP contribution in [0.1, 0.15) is 23.1 Å². The monoisotopic (exact) mass is 754 g/mol. The smallest absolute Gasteiger partial charge is 0.160 e. The lowest BCUT2D eigenvalue weighted by Crippen LogP contribution is -2.06. The van der Waals surface area contributed by atoms with Gasteiger partial charge in [0.25, 0.3) is 0 Å². The van der Waals surface area contributed by atoms with Crippen LogP contribution in [0.3, 0.4) is 0 Å². The van der Waals surface area contributed by atoms with E-state index in [1.165, 1.54) is 0 Å². The van der Waals surface area contributed by atoms with Gasteiger partial charge in [0.1, 0.15) is 0 Å². The van der Waals surface area contributed by atoms with Gasteiger partial charge in [-0.3, -0.25) is 9.97 Å². The van der Waals surface area contributed by atoms with Gasteiger partial charge in [0.2, 0.25) is 0 Å². The Bertz CT molecular complexity index is 3350. The van der Waals surface area contributed by atoms with Crippen molar-refractivity contribution in [3.63, 3.8) is 0 Å². The Morgan fingerprint density at radius 3 is 1.51 bits per heavy atom. The summed E-state index contributed by atoms with van der Waals surface area (Å²) in [5, 5.41) is 4.24. The third-order valence-electron chi connectivity index (χ3n) is 11.0. The Morgan fingerprint density at radius 1 is 0.339 bits per heavy atom. The Balaban J connectivity index is 1.09. The summed E-state index contributed by atoms with van der Waals surface area (Å²) >= 11 is 0. The van der Waals surface area contributed by atoms with Gasteiger partial charge in [-0.05, 0) is 70.8 Å². The van der Waals surface area contributed by atoms with Crippen LogP contribution in [0, 0.1) is 0 Å². The summed E-state index contributed by atoms with van der Waals surface area (Å²) in [4.78, 5) is 30.4. The maximum absolute atomic E-state index is 5.34. The second-order valence-electron chi connectivity index (χ2n) is 14.7. The minimum Gasteiger partial charge on any atom is -0.254 e. The van der Waals surface area contributed by atoms with Crippen molar-refractivity contribution in [1.29, 1.82) is 0 Å². The molecule has 0 fully saturated rings. The number of pyridine rings is 4. The fourth-order valence-electron chi connectivity index (χ4n) is 7.98. The van der Waals surface area contributed by atoms with Crippen LogP contribution >= 0.6 is 0 Å². The van der Waals surface area contributed by atoms with Crippen LogP contribution in [0.2, 0.25) is 0 Å². The highest BCUT2D eigenvalue weighted by molar-refractivity contribution is 6.16. The summed E-state index contributed by atoms with van der Waals surface area (Å²) in [6.45, 7) is 0. The van der Waals surface area contributed by atoms with E-state index in [4.69, 9.17) is 29.9 Å². The average molecular weight is 755 g/mol. The molecule has 10 aromatic rings. The number of amidine groups is 1. The van der Waals surface area contributed by atoms with Gasteiger partial charge >= 0.3 is 0 Å². The molecular formula is C53H34N6. The molecule has 0 bridgehead atoms. The Morgan fingerprint density at radius 2 is 0.847 bits per heavy atom. The van der Waals surface area contributed by atoms with Crippen molar-refractivity contribution in [2.24, 2.45) is 9.98 Å². The van der Waals surface area contributed by atoms with E-state index in [1.807, 2.05) is 60.9 Å². The first-order valence-corrected chi connectivity index (χ1v) is 19.7. The zero-order valence-electron chi connectivity index (χ0n) is 31.9. The van der Waals surface area contributed by atoms with Gasteiger partial charge in [-0.15, -0.1) is 0 Å². The van der Waals surface area contributed by atoms with E-state index in [1.54, 1.807) is 0 Å². The van der Waals surface area contributed by atoms with E-state index in [2.05, 4.69) is 133 Å². The van der Waals surface area contributed by atoms with Crippen molar-refractivity contribution in [2.45, 2.75) is 6.42 Å². The molecule has 0 aliphatic carbocycles. The van der Waals surface area contributed by atoms with Crippen LogP contribution in [-0.4, -0.2) is 31.5 Å². The van der Waals surface area contributed by atoms with Crippen LogP contribution in [0.4, 0.5) is 0 Å². The summed E-state index contributed by atoms with van der Waals surface area (Å²) in [5.74, 6) is 0.674. The number of nitrogens with zero attached hydrogens (tertiary/aromatic N) is 6. The molecular weight excluding hydrogens is 721 g/mol. The fraction of sp³-hybridized carbons (Fsp3) is 0.0189. The van der Waals surface area contributed by atoms with Gasteiger partial charge in [0.05, 0.1) is 44.9 Å². The van der Waals surface area contributed by atoms with Crippen molar-refractivity contribution >= 4 is 60.9 Å². The van der Waals surface area contributed by atoms with Gasteiger partial charge in [-0.2, -0.15) is 0 Å². The molecule has 0 saturated carbocycles. The lowest BCUT2D eigenvalue weighted by Gasteiger charge is -2.13. The first kappa shape index (κ1) is 34.3. The fourth-order valence-corrected chi connectivity index (χ4v) is 7.98. The second kappa shape index (κ2) is 14.5. The lowest BCUT2D eigenvalue weighted by atomic mass is 9.93. The highest BCUT2D eigenvalue weighted by Crippen LogP contribution is 2.34. The zero-order valence-corrected chi connectivity index (χ0v) is 31.9. The van der Waals surface area contributed by atoms with Crippen molar-refractivity contribution in [3.05, 3.63) is 211 Å². The maximum Gasteiger partial charge on any atom is 0.160 e. The van der Waals surface area contributed by atoms with E-state index in [-0.39, 0.29) is 0 Å². The van der Waals surface area contributed by atoms with Crippen molar-refractivity contribution in [1.82, 2.24) is 19.9 Å². The van der Waals surface area contributed by atoms with Crippen LogP contribution in [0.5, 0.6) is 0 Å². The van der Waals surface area contributed by atoms with Gasteiger partial charge in [-0.1, -0.05) is 133 Å². The number of aliphatic imine (C=N–C) groups is 2. The number of hydrogen-bond donors (Lipinski definition) is 0. The van der Waals surface area contributed by atoms with Gasteiger partial charge in [-0.25, -0.2) is 20.0 Å². The largest absolute Gasteiger partial charge is 0.254 e. The van der Waals surface area contributed by atoms with Crippen LogP contribution in [0.25, 0.3) is 83.0 Å². The van der Waals surface area contributed by atoms with E-state index in [0.717, 1.165) is 105 Å². The van der Waals surface area contributed by atoms with E-state index in [9.17, 15) is 0 Å². The van der Waals surface area contributed by atoms with Crippen molar-refractivity contribution in [2.75, 3.05) is 0 Å². The Labute approximate surface area is 340 Å². The van der Waals surface area contributed by atoms with Crippen LogP contribution < -0.4 is 0 Å². The van der Waals surface area contributed by atoms with Gasteiger partial charge < -0.3 is 0 Å². The molecule has 276 valence electrons. The predicted molar refractivity (Wildman–Crippen MR) is 243 cm³/mol. The molecule has 0 saturated heterocycles. The van der Waals surface area contributed by atoms with Crippen LogP contribution in [-0.2, 0) is 0 Å². The molecule has 0 N–H and O–H groups in total. The van der Waals surface area contributed by atoms with Gasteiger partial charge in [0.15, 0.2) is 5.84 Å². The van der Waals surface area contributed by atoms with E-state index < -0.39 is 0 Å². The number of hydrogen-bond acceptors (Lipinski definition) is 6. The minimum atomic E-state index is 0.593. The number of allylic oxidation sites excluding steroid dienone is 1. The summed E-state index contributed by atoms with van der Waals surface area (Å²) in [7, 11) is 0. The molecule has 1 aliphatic rings. The Kier molecular flexibility index (Phi) is 8.44. The SMILES string of the molecule is C1=C(c2ccccc2)N=C(c2ccccc2)N=C(c2cc(-c3cccc(-c4ccc5ccc6cccnc6c5n4)c3)cc(-c3ccc4ccc5cccnc5c4n3)c2)C1. The molecule has 11 rings (SSSR count). The number of rotatable bonds is 6. The molecule has 6 aromatic carbocycles. The highest BCUT2D eigenvalue weighted by Gasteiger charge is 2.17. The molecule has 1 aliphatic heterocycles. The highest BCUT2D eigenvalue weighted by atomic mass is 14.9. The molecule has 6 nitrogen and oxygen atoms in total. The third-order valence-corrected chi connectivity index (χ3v) is 11.0. The number of fused-ring (bicyclic) bond motifs is 6. The summed E-state index contributed by atoms with van der Waals surface area (Å²) in [5.41, 5.74) is 14.2. The summed E-state index contributed by atoms with van der Waals surface area (Å²) < 4.78 is 0. The van der Waals surface area contributed by atoms with E-state index >= 15 is 0 Å². The second-order valence-corrected chi connectivity index (χ2v) is 14.7. The topological polar surface area (TPSA) is 76.3 Å². The van der Waals surface area contributed by atoms with E-state index in [0.29, 0.717) is 12.3 Å². The van der Waals surface area contributed by atoms with Crippen molar-refractivity contribution in [3.8, 4) is 33.6 Å². The molecule has 0 amide bonds. The normalized spacial score (nSPS) is 13.0. The minimum absolute atomic E-state index is 0.593. The molecule has 5 heterocycles. The first-order valence-electron chi connectivity index (χ1n) is 19.7. The quantitative estimate of drug-likeness (QED) is 0.158. The third kappa shape index (κ3) is 6.52. The molecule has 59 heavy (non-hydrogen) atoms. The molecule has 6 heteroatoms. The molecule has 0 atom stereocenters. The predicted octanol–water partition coefficient (Wildman–Crippen LogP) is 12.6. The first-order chi connectivity index (χ1) is 29.2. The average Bonchev–Trinajstić information content (AvgIpc) is 3.55. The molecule has 0 spiro atoms. The molecule has 4 aromatic heterocycles. The number of benzene rings is 6. The Hall–Kier alpha value is -7.96. The maximum atomic E-state index is 5.34. The van der Waals surface area contributed by atoms with Gasteiger partial charge in [0, 0.05) is 57.0 Å². The molecule has 0 unspecified atom stereocenters. The van der Waals surface area contributed by atoms with Crippen molar-refractivity contribution < 1.29 is 0 Å². The summed E-state index contributed by atoms with van der Waals surface area (Å²) in [6.07, 6.45) is 6.44. The lowest BCUT2D eigenvalue weighted by molar-refractivity contribution is 1.36.